The molecule has 4 amide bonds. The molecule has 1 aliphatic heterocycles. The molecule has 1 aliphatic rings. The maximum Gasteiger partial charge on any atom is 0.325 e. The maximum atomic E-state index is 12.7. The average Bonchev–Trinajstić information content (AvgIpc) is 2.84. The van der Waals surface area contributed by atoms with Gasteiger partial charge in [0.1, 0.15) is 12.1 Å². The molecule has 0 radical (unpaired) electrons. The monoisotopic (exact) mass is 367 g/mol. The molecule has 0 bridgehead atoms. The summed E-state index contributed by atoms with van der Waals surface area (Å²) in [4.78, 5) is 38.5. The van der Waals surface area contributed by atoms with E-state index in [0.717, 1.165) is 22.1 Å². The molecule has 2 N–H and O–H groups in total. The van der Waals surface area contributed by atoms with E-state index in [9.17, 15) is 14.4 Å². The highest BCUT2D eigenvalue weighted by Gasteiger charge is 2.47. The summed E-state index contributed by atoms with van der Waals surface area (Å²) in [6.07, 6.45) is 1.37. The van der Waals surface area contributed by atoms with E-state index < -0.39 is 17.5 Å². The minimum atomic E-state index is -0.943. The summed E-state index contributed by atoms with van der Waals surface area (Å²) in [5.74, 6) is -0.320. The molecule has 0 spiro atoms. The van der Waals surface area contributed by atoms with Crippen LogP contribution in [0.1, 0.15) is 33.6 Å². The van der Waals surface area contributed by atoms with Crippen LogP contribution >= 0.6 is 0 Å². The number of imide groups is 1. The van der Waals surface area contributed by atoms with Gasteiger partial charge >= 0.3 is 6.03 Å². The normalized spacial score (nSPS) is 19.6. The van der Waals surface area contributed by atoms with E-state index in [1.807, 2.05) is 36.4 Å². The van der Waals surface area contributed by atoms with Crippen molar-refractivity contribution in [1.29, 1.82) is 0 Å². The molecule has 0 saturated carbocycles. The van der Waals surface area contributed by atoms with Gasteiger partial charge in [0.2, 0.25) is 5.91 Å². The molecule has 1 heterocycles. The lowest BCUT2D eigenvalue weighted by molar-refractivity contribution is -0.133. The molecule has 142 valence electrons. The second kappa shape index (κ2) is 7.39. The molecule has 6 nitrogen and oxygen atoms in total. The second-order valence-corrected chi connectivity index (χ2v) is 7.66. The van der Waals surface area contributed by atoms with Crippen LogP contribution in [-0.4, -0.2) is 34.8 Å². The number of hydrogen-bond donors (Lipinski definition) is 2. The molecule has 2 aromatic rings. The van der Waals surface area contributed by atoms with Crippen molar-refractivity contribution >= 4 is 34.3 Å². The summed E-state index contributed by atoms with van der Waals surface area (Å²) in [6, 6.07) is 12.8. The van der Waals surface area contributed by atoms with Crippen LogP contribution in [0.15, 0.2) is 42.5 Å². The Hall–Kier alpha value is -2.89. The standard InChI is InChI=1S/C21H25N3O3/c1-14(2)11-12-21(3)19(26)24(20(27)23-21)13-18(25)22-17-10-6-8-15-7-4-5-9-16(15)17/h4-10,14H,11-13H2,1-3H3,(H,22,25)(H,23,27). The highest BCUT2D eigenvalue weighted by molar-refractivity contribution is 6.11. The van der Waals surface area contributed by atoms with Crippen LogP contribution in [0.4, 0.5) is 10.5 Å². The molecule has 2 aromatic carbocycles. The zero-order valence-electron chi connectivity index (χ0n) is 15.9. The Morgan fingerprint density at radius 1 is 1.15 bits per heavy atom. The van der Waals surface area contributed by atoms with Gasteiger partial charge in [-0.2, -0.15) is 0 Å². The first-order chi connectivity index (χ1) is 12.8. The smallest absolute Gasteiger partial charge is 0.324 e. The summed E-state index contributed by atoms with van der Waals surface area (Å²) in [5, 5.41) is 7.48. The predicted molar refractivity (Wildman–Crippen MR) is 105 cm³/mol. The van der Waals surface area contributed by atoms with Gasteiger partial charge in [-0.3, -0.25) is 14.5 Å². The third-order valence-corrected chi connectivity index (χ3v) is 4.93. The lowest BCUT2D eigenvalue weighted by atomic mass is 9.92. The average molecular weight is 367 g/mol. The Morgan fingerprint density at radius 2 is 1.85 bits per heavy atom. The van der Waals surface area contributed by atoms with Crippen molar-refractivity contribution in [3.8, 4) is 0 Å². The van der Waals surface area contributed by atoms with Crippen LogP contribution in [0.5, 0.6) is 0 Å². The third kappa shape index (κ3) is 3.94. The number of hydrogen-bond acceptors (Lipinski definition) is 3. The quantitative estimate of drug-likeness (QED) is 0.767. The van der Waals surface area contributed by atoms with E-state index >= 15 is 0 Å². The minimum absolute atomic E-state index is 0.300. The van der Waals surface area contributed by atoms with Crippen molar-refractivity contribution < 1.29 is 14.4 Å². The molecule has 0 aliphatic carbocycles. The van der Waals surface area contributed by atoms with Gasteiger partial charge in [-0.05, 0) is 37.1 Å². The van der Waals surface area contributed by atoms with E-state index in [4.69, 9.17) is 0 Å². The maximum absolute atomic E-state index is 12.7. The van der Waals surface area contributed by atoms with Gasteiger partial charge in [-0.1, -0.05) is 50.2 Å². The first-order valence-electron chi connectivity index (χ1n) is 9.22. The van der Waals surface area contributed by atoms with Crippen molar-refractivity contribution in [2.24, 2.45) is 5.92 Å². The fraction of sp³-hybridized carbons (Fsp3) is 0.381. The molecular weight excluding hydrogens is 342 g/mol. The van der Waals surface area contributed by atoms with E-state index in [2.05, 4.69) is 24.5 Å². The second-order valence-electron chi connectivity index (χ2n) is 7.66. The molecule has 1 saturated heterocycles. The lowest BCUT2D eigenvalue weighted by Gasteiger charge is -2.22. The van der Waals surface area contributed by atoms with Crippen LogP contribution in [0, 0.1) is 5.92 Å². The van der Waals surface area contributed by atoms with E-state index in [0.29, 0.717) is 18.0 Å². The van der Waals surface area contributed by atoms with Gasteiger partial charge in [0, 0.05) is 11.1 Å². The van der Waals surface area contributed by atoms with Crippen LogP contribution < -0.4 is 10.6 Å². The van der Waals surface area contributed by atoms with Crippen molar-refractivity contribution in [2.45, 2.75) is 39.2 Å². The zero-order chi connectivity index (χ0) is 19.6. The first kappa shape index (κ1) is 18.9. The third-order valence-electron chi connectivity index (χ3n) is 4.93. The van der Waals surface area contributed by atoms with Crippen molar-refractivity contribution in [1.82, 2.24) is 10.2 Å². The number of benzene rings is 2. The number of anilines is 1. The molecule has 0 aromatic heterocycles. The van der Waals surface area contributed by atoms with Crippen molar-refractivity contribution in [3.05, 3.63) is 42.5 Å². The number of urea groups is 1. The number of nitrogens with one attached hydrogen (secondary N) is 2. The Labute approximate surface area is 158 Å². The van der Waals surface area contributed by atoms with Crippen molar-refractivity contribution in [3.63, 3.8) is 0 Å². The van der Waals surface area contributed by atoms with Gasteiger partial charge in [-0.15, -0.1) is 0 Å². The predicted octanol–water partition coefficient (Wildman–Crippen LogP) is 3.53. The molecule has 1 atom stereocenters. The van der Waals surface area contributed by atoms with Crippen LogP contribution in [0.3, 0.4) is 0 Å². The topological polar surface area (TPSA) is 78.5 Å². The molecule has 3 rings (SSSR count). The summed E-state index contributed by atoms with van der Waals surface area (Å²) >= 11 is 0. The fourth-order valence-corrected chi connectivity index (χ4v) is 3.31. The van der Waals surface area contributed by atoms with Gasteiger partial charge in [0.25, 0.3) is 5.91 Å². The minimum Gasteiger partial charge on any atom is -0.324 e. The lowest BCUT2D eigenvalue weighted by Crippen LogP contribution is -2.44. The number of amides is 4. The Kier molecular flexibility index (Phi) is 5.17. The van der Waals surface area contributed by atoms with Gasteiger partial charge < -0.3 is 10.6 Å². The van der Waals surface area contributed by atoms with Crippen LogP contribution in [-0.2, 0) is 9.59 Å². The van der Waals surface area contributed by atoms with E-state index in [1.165, 1.54) is 0 Å². The number of nitrogens with zero attached hydrogens (tertiary/aromatic N) is 1. The fourth-order valence-electron chi connectivity index (χ4n) is 3.31. The summed E-state index contributed by atoms with van der Waals surface area (Å²) < 4.78 is 0. The van der Waals surface area contributed by atoms with Crippen LogP contribution in [0.2, 0.25) is 0 Å². The van der Waals surface area contributed by atoms with E-state index in [1.54, 1.807) is 13.0 Å². The zero-order valence-corrected chi connectivity index (χ0v) is 15.9. The summed E-state index contributed by atoms with van der Waals surface area (Å²) in [7, 11) is 0. The SMILES string of the molecule is CC(C)CCC1(C)NC(=O)N(CC(=O)Nc2cccc3ccccc23)C1=O. The highest BCUT2D eigenvalue weighted by Crippen LogP contribution is 2.26. The highest BCUT2D eigenvalue weighted by atomic mass is 16.2. The Morgan fingerprint density at radius 3 is 2.59 bits per heavy atom. The molecule has 1 unspecified atom stereocenters. The molecule has 6 heteroatoms. The number of rotatable bonds is 6. The van der Waals surface area contributed by atoms with Crippen LogP contribution in [0.25, 0.3) is 10.8 Å². The van der Waals surface area contributed by atoms with Gasteiger partial charge in [0.05, 0.1) is 0 Å². The summed E-state index contributed by atoms with van der Waals surface area (Å²) in [6.45, 7) is 5.56. The molecule has 1 fully saturated rings. The van der Waals surface area contributed by atoms with Crippen molar-refractivity contribution in [2.75, 3.05) is 11.9 Å². The summed E-state index contributed by atoms with van der Waals surface area (Å²) in [5.41, 5.74) is -0.283. The number of carbonyl (C=O) groups excluding carboxylic acids is 3. The number of carbonyl (C=O) groups is 3. The van der Waals surface area contributed by atoms with E-state index in [-0.39, 0.29) is 12.5 Å². The Bertz CT molecular complexity index is 888. The Balaban J connectivity index is 1.70. The molecule has 27 heavy (non-hydrogen) atoms. The number of fused-ring (bicyclic) bond motifs is 1. The van der Waals surface area contributed by atoms with Gasteiger partial charge in [0.15, 0.2) is 0 Å². The van der Waals surface area contributed by atoms with Gasteiger partial charge in [-0.25, -0.2) is 4.79 Å². The largest absolute Gasteiger partial charge is 0.325 e. The molecular formula is C21H25N3O3. The first-order valence-corrected chi connectivity index (χ1v) is 9.22.